The van der Waals surface area contributed by atoms with E-state index in [2.05, 4.69) is 10.4 Å². The summed E-state index contributed by atoms with van der Waals surface area (Å²) in [6, 6.07) is 3.18. The minimum absolute atomic E-state index is 0.0367. The van der Waals surface area contributed by atoms with Gasteiger partial charge in [0.1, 0.15) is 17.3 Å². The molecule has 0 amide bonds. The van der Waals surface area contributed by atoms with E-state index in [0.717, 1.165) is 0 Å². The van der Waals surface area contributed by atoms with Crippen molar-refractivity contribution >= 4 is 0 Å². The molecule has 6 heteroatoms. The van der Waals surface area contributed by atoms with Crippen LogP contribution in [0.15, 0.2) is 24.4 Å². The maximum absolute atomic E-state index is 14.1. The lowest BCUT2D eigenvalue weighted by Crippen LogP contribution is -2.25. The van der Waals surface area contributed by atoms with Gasteiger partial charge in [-0.25, -0.2) is 8.78 Å². The summed E-state index contributed by atoms with van der Waals surface area (Å²) in [7, 11) is 3.16. The molecular formula is C15H19F2N3O. The van der Waals surface area contributed by atoms with Gasteiger partial charge in [-0.15, -0.1) is 0 Å². The monoisotopic (exact) mass is 295 g/mol. The molecule has 1 aromatic heterocycles. The highest BCUT2D eigenvalue weighted by Gasteiger charge is 2.28. The summed E-state index contributed by atoms with van der Waals surface area (Å²) >= 11 is 0. The average molecular weight is 295 g/mol. The molecule has 0 spiro atoms. The molecule has 21 heavy (non-hydrogen) atoms. The Morgan fingerprint density at radius 2 is 1.86 bits per heavy atom. The highest BCUT2D eigenvalue weighted by atomic mass is 19.1. The minimum atomic E-state index is -0.689. The molecular weight excluding hydrogens is 276 g/mol. The van der Waals surface area contributed by atoms with E-state index in [1.165, 1.54) is 25.3 Å². The zero-order chi connectivity index (χ0) is 15.6. The Hall–Kier alpha value is -1.95. The molecule has 0 saturated heterocycles. The molecule has 1 unspecified atom stereocenters. The van der Waals surface area contributed by atoms with Crippen LogP contribution >= 0.6 is 0 Å². The normalized spacial score (nSPS) is 12.7. The van der Waals surface area contributed by atoms with E-state index in [1.807, 2.05) is 13.8 Å². The molecule has 0 fully saturated rings. The maximum Gasteiger partial charge on any atom is 0.161 e. The van der Waals surface area contributed by atoms with E-state index in [0.29, 0.717) is 11.4 Å². The van der Waals surface area contributed by atoms with E-state index in [-0.39, 0.29) is 11.6 Å². The van der Waals surface area contributed by atoms with Crippen LogP contribution in [0.2, 0.25) is 0 Å². The predicted molar refractivity (Wildman–Crippen MR) is 76.4 cm³/mol. The Bertz CT molecular complexity index is 605. The van der Waals surface area contributed by atoms with Gasteiger partial charge < -0.3 is 10.1 Å². The van der Waals surface area contributed by atoms with Gasteiger partial charge in [-0.05, 0) is 33.0 Å². The molecule has 2 rings (SSSR count). The third kappa shape index (κ3) is 2.76. The molecule has 0 bridgehead atoms. The second-order valence-electron chi connectivity index (χ2n) is 4.99. The first kappa shape index (κ1) is 15.4. The standard InChI is InChI=1S/C15H19F2N3O/c1-9(2)20-15(12(21-4)8-19-20)14(18-3)13-10(16)6-5-7-11(13)17/h5-9,14,18H,1-4H3. The third-order valence-electron chi connectivity index (χ3n) is 3.36. The average Bonchev–Trinajstić information content (AvgIpc) is 2.86. The first-order chi connectivity index (χ1) is 10.0. The van der Waals surface area contributed by atoms with Crippen molar-refractivity contribution in [1.29, 1.82) is 0 Å². The highest BCUT2D eigenvalue weighted by molar-refractivity contribution is 5.38. The van der Waals surface area contributed by atoms with Gasteiger partial charge in [-0.2, -0.15) is 5.10 Å². The Morgan fingerprint density at radius 3 is 2.33 bits per heavy atom. The summed E-state index contributed by atoms with van der Waals surface area (Å²) in [4.78, 5) is 0. The van der Waals surface area contributed by atoms with Gasteiger partial charge in [0.25, 0.3) is 0 Å². The number of aromatic nitrogens is 2. The van der Waals surface area contributed by atoms with E-state index < -0.39 is 17.7 Å². The largest absolute Gasteiger partial charge is 0.493 e. The molecule has 114 valence electrons. The van der Waals surface area contributed by atoms with E-state index in [1.54, 1.807) is 17.9 Å². The second kappa shape index (κ2) is 6.22. The zero-order valence-corrected chi connectivity index (χ0v) is 12.5. The van der Waals surface area contributed by atoms with Crippen LogP contribution in [0, 0.1) is 11.6 Å². The van der Waals surface area contributed by atoms with Gasteiger partial charge in [0.2, 0.25) is 0 Å². The molecule has 0 saturated carbocycles. The number of rotatable bonds is 5. The fourth-order valence-corrected chi connectivity index (χ4v) is 2.40. The fraction of sp³-hybridized carbons (Fsp3) is 0.400. The number of halogens is 2. The Balaban J connectivity index is 2.64. The van der Waals surface area contributed by atoms with Gasteiger partial charge in [-0.1, -0.05) is 6.07 Å². The second-order valence-corrected chi connectivity index (χ2v) is 4.99. The molecule has 0 radical (unpaired) electrons. The summed E-state index contributed by atoms with van der Waals surface area (Å²) in [6.45, 7) is 3.89. The Morgan fingerprint density at radius 1 is 1.24 bits per heavy atom. The molecule has 0 aliphatic rings. The van der Waals surface area contributed by atoms with Gasteiger partial charge in [0.05, 0.1) is 19.3 Å². The Kier molecular flexibility index (Phi) is 4.57. The van der Waals surface area contributed by atoms with Crippen LogP contribution in [0.3, 0.4) is 0 Å². The molecule has 2 aromatic rings. The van der Waals surface area contributed by atoms with Crippen molar-refractivity contribution in [3.8, 4) is 5.75 Å². The summed E-state index contributed by atoms with van der Waals surface area (Å²) in [5.74, 6) is -0.716. The molecule has 0 aliphatic heterocycles. The van der Waals surface area contributed by atoms with Crippen LogP contribution in [0.25, 0.3) is 0 Å². The van der Waals surface area contributed by atoms with E-state index in [9.17, 15) is 8.78 Å². The molecule has 1 N–H and O–H groups in total. The number of methoxy groups -OCH3 is 1. The lowest BCUT2D eigenvalue weighted by atomic mass is 10.0. The minimum Gasteiger partial charge on any atom is -0.493 e. The topological polar surface area (TPSA) is 39.1 Å². The first-order valence-corrected chi connectivity index (χ1v) is 6.73. The fourth-order valence-electron chi connectivity index (χ4n) is 2.40. The van der Waals surface area contributed by atoms with Crippen LogP contribution in [0.4, 0.5) is 8.78 Å². The quantitative estimate of drug-likeness (QED) is 0.921. The Labute approximate surface area is 122 Å². The van der Waals surface area contributed by atoms with E-state index in [4.69, 9.17) is 4.74 Å². The number of hydrogen-bond donors (Lipinski definition) is 1. The number of nitrogens with one attached hydrogen (secondary N) is 1. The number of ether oxygens (including phenoxy) is 1. The zero-order valence-electron chi connectivity index (χ0n) is 12.5. The summed E-state index contributed by atoms with van der Waals surface area (Å²) in [5, 5.41) is 7.20. The van der Waals surface area contributed by atoms with Gasteiger partial charge >= 0.3 is 0 Å². The van der Waals surface area contributed by atoms with Crippen molar-refractivity contribution in [2.45, 2.75) is 25.9 Å². The molecule has 4 nitrogen and oxygen atoms in total. The summed E-state index contributed by atoms with van der Waals surface area (Å²) in [5.41, 5.74) is 0.555. The van der Waals surface area contributed by atoms with Crippen molar-refractivity contribution < 1.29 is 13.5 Å². The number of nitrogens with zero attached hydrogens (tertiary/aromatic N) is 2. The van der Waals surface area contributed by atoms with Gasteiger partial charge in [0, 0.05) is 11.6 Å². The first-order valence-electron chi connectivity index (χ1n) is 6.73. The SMILES string of the molecule is CNC(c1c(F)cccc1F)c1c(OC)cnn1C(C)C. The van der Waals surface area contributed by atoms with Crippen LogP contribution < -0.4 is 10.1 Å². The van der Waals surface area contributed by atoms with Crippen LogP contribution in [-0.4, -0.2) is 23.9 Å². The number of benzene rings is 1. The van der Waals surface area contributed by atoms with Crippen molar-refractivity contribution in [3.63, 3.8) is 0 Å². The molecule has 0 aliphatic carbocycles. The molecule has 1 aromatic carbocycles. The lowest BCUT2D eigenvalue weighted by molar-refractivity contribution is 0.392. The number of hydrogen-bond acceptors (Lipinski definition) is 3. The van der Waals surface area contributed by atoms with Crippen LogP contribution in [-0.2, 0) is 0 Å². The van der Waals surface area contributed by atoms with E-state index >= 15 is 0 Å². The van der Waals surface area contributed by atoms with Crippen LogP contribution in [0.5, 0.6) is 5.75 Å². The van der Waals surface area contributed by atoms with Crippen molar-refractivity contribution in [2.75, 3.05) is 14.2 Å². The molecule has 1 heterocycles. The van der Waals surface area contributed by atoms with Crippen molar-refractivity contribution in [1.82, 2.24) is 15.1 Å². The smallest absolute Gasteiger partial charge is 0.161 e. The third-order valence-corrected chi connectivity index (χ3v) is 3.36. The van der Waals surface area contributed by atoms with Gasteiger partial charge in [-0.3, -0.25) is 4.68 Å². The summed E-state index contributed by atoms with van der Waals surface area (Å²) in [6.07, 6.45) is 1.55. The van der Waals surface area contributed by atoms with Crippen molar-refractivity contribution in [3.05, 3.63) is 47.3 Å². The van der Waals surface area contributed by atoms with Crippen molar-refractivity contribution in [2.24, 2.45) is 0 Å². The predicted octanol–water partition coefficient (Wildman–Crippen LogP) is 3.06. The molecule has 1 atom stereocenters. The van der Waals surface area contributed by atoms with Crippen LogP contribution in [0.1, 0.15) is 37.2 Å². The highest BCUT2D eigenvalue weighted by Crippen LogP contribution is 2.33. The summed E-state index contributed by atoms with van der Waals surface area (Å²) < 4.78 is 35.2. The maximum atomic E-state index is 14.1. The lowest BCUT2D eigenvalue weighted by Gasteiger charge is -2.22. The van der Waals surface area contributed by atoms with Gasteiger partial charge in [0.15, 0.2) is 5.75 Å².